The lowest BCUT2D eigenvalue weighted by Crippen LogP contribution is -2.31. The smallest absolute Gasteiger partial charge is 0.281 e. The van der Waals surface area contributed by atoms with Gasteiger partial charge < -0.3 is 5.32 Å². The van der Waals surface area contributed by atoms with Crippen LogP contribution in [0.15, 0.2) is 35.2 Å². The molecule has 1 aliphatic heterocycles. The quantitative estimate of drug-likeness (QED) is 0.421. The molecular formula is C27H35N5O4S2. The molecule has 1 amide bonds. The van der Waals surface area contributed by atoms with Crippen LogP contribution in [0.4, 0.5) is 5.00 Å². The zero-order valence-electron chi connectivity index (χ0n) is 22.6. The van der Waals surface area contributed by atoms with Gasteiger partial charge in [0.05, 0.1) is 16.2 Å². The average Bonchev–Trinajstić information content (AvgIpc) is 3.42. The molecule has 2 aromatic heterocycles. The lowest BCUT2D eigenvalue weighted by Gasteiger charge is -2.26. The van der Waals surface area contributed by atoms with Crippen LogP contribution >= 0.6 is 11.3 Å². The fourth-order valence-electron chi connectivity index (χ4n) is 4.88. The molecule has 9 nitrogen and oxygen atoms in total. The monoisotopic (exact) mass is 557 g/mol. The molecule has 1 N–H and O–H groups in total. The first-order chi connectivity index (χ1) is 18.1. The number of thiophene rings is 1. The van der Waals surface area contributed by atoms with Crippen molar-refractivity contribution in [2.45, 2.75) is 58.9 Å². The molecule has 0 bridgehead atoms. The number of aromatic nitrogens is 2. The van der Waals surface area contributed by atoms with E-state index in [-0.39, 0.29) is 10.8 Å². The second-order valence-electron chi connectivity index (χ2n) is 9.45. The third-order valence-electron chi connectivity index (χ3n) is 6.78. The van der Waals surface area contributed by atoms with Crippen molar-refractivity contribution in [1.29, 1.82) is 0 Å². The molecule has 4 rings (SSSR count). The highest BCUT2D eigenvalue weighted by molar-refractivity contribution is 7.89. The van der Waals surface area contributed by atoms with Gasteiger partial charge >= 0.3 is 0 Å². The van der Waals surface area contributed by atoms with Gasteiger partial charge in [0.15, 0.2) is 0 Å². The van der Waals surface area contributed by atoms with Gasteiger partial charge in [-0.25, -0.2) is 13.1 Å². The number of fused-ring (bicyclic) bond motifs is 1. The summed E-state index contributed by atoms with van der Waals surface area (Å²) in [6, 6.07) is 7.76. The van der Waals surface area contributed by atoms with Crippen molar-refractivity contribution in [2.75, 3.05) is 31.5 Å². The molecule has 0 atom stereocenters. The minimum Gasteiger partial charge on any atom is -0.313 e. The van der Waals surface area contributed by atoms with Crippen LogP contribution in [-0.2, 0) is 23.0 Å². The maximum atomic E-state index is 13.7. The summed E-state index contributed by atoms with van der Waals surface area (Å²) in [7, 11) is -3.62. The van der Waals surface area contributed by atoms with Crippen molar-refractivity contribution >= 4 is 38.2 Å². The molecule has 0 radical (unpaired) electrons. The number of carbonyl (C=O) groups is 2. The van der Waals surface area contributed by atoms with Crippen LogP contribution in [0.2, 0.25) is 0 Å². The Hall–Kier alpha value is -2.86. The highest BCUT2D eigenvalue weighted by Gasteiger charge is 2.30. The summed E-state index contributed by atoms with van der Waals surface area (Å²) >= 11 is 1.43. The van der Waals surface area contributed by atoms with Gasteiger partial charge in [-0.1, -0.05) is 20.8 Å². The van der Waals surface area contributed by atoms with Crippen molar-refractivity contribution in [3.8, 4) is 0 Å². The van der Waals surface area contributed by atoms with Gasteiger partial charge in [-0.05, 0) is 69.1 Å². The zero-order valence-corrected chi connectivity index (χ0v) is 24.2. The fourth-order valence-corrected chi connectivity index (χ4v) is 7.62. The summed E-state index contributed by atoms with van der Waals surface area (Å²) in [4.78, 5) is 30.6. The standard InChI is InChI=1S/C27H35N5O4S2/c1-6-14-30-15-13-22-23(17-30)37-26(24(22)27(34)32-19(5)16-18(4)29-32)28-25(33)20-9-11-21(12-10-20)38(35,36)31(7-2)8-3/h9-12,16H,6-8,13-15,17H2,1-5H3,(H,28,33). The lowest BCUT2D eigenvalue weighted by atomic mass is 10.0. The summed E-state index contributed by atoms with van der Waals surface area (Å²) in [6.45, 7) is 12.7. The number of carbonyl (C=O) groups excluding carboxylic acids is 2. The Balaban J connectivity index is 1.66. The van der Waals surface area contributed by atoms with Crippen LogP contribution in [0.5, 0.6) is 0 Å². The first-order valence-electron chi connectivity index (χ1n) is 13.0. The minimum absolute atomic E-state index is 0.140. The highest BCUT2D eigenvalue weighted by Crippen LogP contribution is 2.38. The summed E-state index contributed by atoms with van der Waals surface area (Å²) in [5.74, 6) is -0.656. The number of amides is 1. The Morgan fingerprint density at radius 1 is 1.11 bits per heavy atom. The van der Waals surface area contributed by atoms with E-state index < -0.39 is 15.9 Å². The number of rotatable bonds is 9. The van der Waals surface area contributed by atoms with Crippen LogP contribution in [0.25, 0.3) is 0 Å². The largest absolute Gasteiger partial charge is 0.313 e. The molecule has 1 aromatic carbocycles. The van der Waals surface area contributed by atoms with Crippen LogP contribution in [0.1, 0.15) is 69.7 Å². The van der Waals surface area contributed by atoms with Gasteiger partial charge in [-0.15, -0.1) is 11.3 Å². The summed E-state index contributed by atoms with van der Waals surface area (Å²) in [5.41, 5.74) is 3.25. The molecule has 0 unspecified atom stereocenters. The summed E-state index contributed by atoms with van der Waals surface area (Å²) in [5, 5.41) is 7.83. The second-order valence-corrected chi connectivity index (χ2v) is 12.5. The highest BCUT2D eigenvalue weighted by atomic mass is 32.2. The van der Waals surface area contributed by atoms with E-state index in [4.69, 9.17) is 0 Å². The Morgan fingerprint density at radius 2 is 1.79 bits per heavy atom. The van der Waals surface area contributed by atoms with Crippen molar-refractivity contribution in [2.24, 2.45) is 0 Å². The summed E-state index contributed by atoms with van der Waals surface area (Å²) < 4.78 is 28.4. The number of sulfonamides is 1. The molecule has 0 fully saturated rings. The maximum absolute atomic E-state index is 13.7. The second kappa shape index (κ2) is 11.5. The lowest BCUT2D eigenvalue weighted by molar-refractivity contribution is 0.0942. The van der Waals surface area contributed by atoms with Gasteiger partial charge in [0.1, 0.15) is 5.00 Å². The Kier molecular flexibility index (Phi) is 8.51. The Labute approximate surface area is 228 Å². The number of benzene rings is 1. The molecule has 0 spiro atoms. The van der Waals surface area contributed by atoms with E-state index >= 15 is 0 Å². The predicted octanol–water partition coefficient (Wildman–Crippen LogP) is 4.30. The predicted molar refractivity (Wildman–Crippen MR) is 150 cm³/mol. The maximum Gasteiger partial charge on any atom is 0.281 e. The fraction of sp³-hybridized carbons (Fsp3) is 0.444. The third-order valence-corrected chi connectivity index (χ3v) is 9.97. The number of hydrogen-bond donors (Lipinski definition) is 1. The van der Waals surface area contributed by atoms with Gasteiger partial charge in [0, 0.05) is 42.3 Å². The Morgan fingerprint density at radius 3 is 2.37 bits per heavy atom. The van der Waals surface area contributed by atoms with Crippen LogP contribution < -0.4 is 5.32 Å². The molecule has 0 saturated carbocycles. The molecule has 38 heavy (non-hydrogen) atoms. The van der Waals surface area contributed by atoms with Gasteiger partial charge in [-0.2, -0.15) is 9.40 Å². The van der Waals surface area contributed by atoms with E-state index in [1.54, 1.807) is 13.8 Å². The van der Waals surface area contributed by atoms with Crippen LogP contribution in [0.3, 0.4) is 0 Å². The first kappa shape index (κ1) is 28.2. The first-order valence-corrected chi connectivity index (χ1v) is 15.2. The number of aryl methyl sites for hydroxylation is 2. The van der Waals surface area contributed by atoms with Gasteiger partial charge in [0.25, 0.3) is 11.8 Å². The molecular weight excluding hydrogens is 522 g/mol. The number of nitrogens with one attached hydrogen (secondary N) is 1. The van der Waals surface area contributed by atoms with E-state index in [9.17, 15) is 18.0 Å². The van der Waals surface area contributed by atoms with E-state index in [1.165, 1.54) is 44.6 Å². The number of nitrogens with zero attached hydrogens (tertiary/aromatic N) is 4. The molecule has 204 valence electrons. The van der Waals surface area contributed by atoms with E-state index in [0.717, 1.165) is 54.3 Å². The van der Waals surface area contributed by atoms with Gasteiger partial charge in [-0.3, -0.25) is 14.5 Å². The molecule has 1 aliphatic rings. The van der Waals surface area contributed by atoms with E-state index in [2.05, 4.69) is 22.2 Å². The van der Waals surface area contributed by atoms with Crippen molar-refractivity contribution in [3.63, 3.8) is 0 Å². The van der Waals surface area contributed by atoms with Gasteiger partial charge in [0.2, 0.25) is 10.0 Å². The molecule has 0 saturated heterocycles. The average molecular weight is 558 g/mol. The van der Waals surface area contributed by atoms with Crippen molar-refractivity contribution in [1.82, 2.24) is 19.0 Å². The zero-order chi connectivity index (χ0) is 27.6. The Bertz CT molecular complexity index is 1440. The number of anilines is 1. The third kappa shape index (κ3) is 5.47. The number of hydrogen-bond acceptors (Lipinski definition) is 7. The van der Waals surface area contributed by atoms with Crippen molar-refractivity contribution in [3.05, 3.63) is 63.3 Å². The van der Waals surface area contributed by atoms with E-state index in [1.807, 2.05) is 19.9 Å². The van der Waals surface area contributed by atoms with E-state index in [0.29, 0.717) is 29.2 Å². The molecule has 11 heteroatoms. The van der Waals surface area contributed by atoms with Crippen molar-refractivity contribution < 1.29 is 18.0 Å². The SMILES string of the molecule is CCCN1CCc2c(sc(NC(=O)c3ccc(S(=O)(=O)N(CC)CC)cc3)c2C(=O)n2nc(C)cc2C)C1. The summed E-state index contributed by atoms with van der Waals surface area (Å²) in [6.07, 6.45) is 1.77. The normalized spacial score (nSPS) is 14.1. The topological polar surface area (TPSA) is 105 Å². The van der Waals surface area contributed by atoms with Crippen LogP contribution in [0, 0.1) is 13.8 Å². The minimum atomic E-state index is -3.62. The molecule has 0 aliphatic carbocycles. The molecule has 3 heterocycles. The van der Waals surface area contributed by atoms with Crippen LogP contribution in [-0.4, -0.2) is 65.4 Å². The molecule has 3 aromatic rings.